The molecule has 1 aliphatic heterocycles. The van der Waals surface area contributed by atoms with Crippen molar-refractivity contribution in [2.24, 2.45) is 0 Å². The molecular formula is C17H20ClNO3. The molecule has 4 nitrogen and oxygen atoms in total. The van der Waals surface area contributed by atoms with Crippen LogP contribution in [0, 0.1) is 6.92 Å². The fraction of sp³-hybridized carbons (Fsp3) is 0.471. The van der Waals surface area contributed by atoms with Crippen LogP contribution in [-0.2, 0) is 9.53 Å². The summed E-state index contributed by atoms with van der Waals surface area (Å²) in [5, 5.41) is 14.4. The summed E-state index contributed by atoms with van der Waals surface area (Å²) in [6.07, 6.45) is 3.25. The predicted molar refractivity (Wildman–Crippen MR) is 85.9 cm³/mol. The van der Waals surface area contributed by atoms with Crippen LogP contribution in [0.1, 0.15) is 36.8 Å². The molecule has 0 aromatic heterocycles. The minimum atomic E-state index is -0.631. The van der Waals surface area contributed by atoms with Crippen molar-refractivity contribution in [1.29, 1.82) is 0 Å². The first-order valence-electron chi connectivity index (χ1n) is 7.52. The predicted octanol–water partition coefficient (Wildman–Crippen LogP) is 3.38. The van der Waals surface area contributed by atoms with Crippen LogP contribution in [0.25, 0.3) is 5.57 Å². The second kappa shape index (κ2) is 5.60. The maximum atomic E-state index is 12.5. The Bertz CT molecular complexity index is 645. The summed E-state index contributed by atoms with van der Waals surface area (Å²) in [5.74, 6) is -0.0451. The average molecular weight is 322 g/mol. The fourth-order valence-electron chi connectivity index (χ4n) is 3.52. The van der Waals surface area contributed by atoms with Crippen molar-refractivity contribution in [2.45, 2.75) is 44.2 Å². The number of nitrogens with one attached hydrogen (secondary N) is 1. The zero-order valence-electron chi connectivity index (χ0n) is 12.8. The molecule has 1 aromatic carbocycles. The lowest BCUT2D eigenvalue weighted by Gasteiger charge is -2.36. The zero-order chi connectivity index (χ0) is 15.9. The van der Waals surface area contributed by atoms with Gasteiger partial charge < -0.3 is 15.2 Å². The van der Waals surface area contributed by atoms with Crippen LogP contribution in [0.3, 0.4) is 0 Å². The first-order valence-corrected chi connectivity index (χ1v) is 7.90. The van der Waals surface area contributed by atoms with Gasteiger partial charge in [-0.25, -0.2) is 0 Å². The van der Waals surface area contributed by atoms with Crippen molar-refractivity contribution < 1.29 is 14.6 Å². The smallest absolute Gasteiger partial charge is 0.256 e. The monoisotopic (exact) mass is 321 g/mol. The number of carbonyl (C=O) groups is 1. The largest absolute Gasteiger partial charge is 0.509 e. The number of rotatable bonds is 2. The van der Waals surface area contributed by atoms with Crippen molar-refractivity contribution in [3.63, 3.8) is 0 Å². The molecule has 0 unspecified atom stereocenters. The quantitative estimate of drug-likeness (QED) is 0.878. The van der Waals surface area contributed by atoms with Crippen LogP contribution in [0.15, 0.2) is 24.0 Å². The molecular weight excluding hydrogens is 302 g/mol. The lowest BCUT2D eigenvalue weighted by Crippen LogP contribution is -2.48. The Morgan fingerprint density at radius 3 is 2.64 bits per heavy atom. The fourth-order valence-corrected chi connectivity index (χ4v) is 3.75. The highest BCUT2D eigenvalue weighted by Gasteiger charge is 2.48. The van der Waals surface area contributed by atoms with Crippen LogP contribution in [-0.4, -0.2) is 29.8 Å². The third-order valence-electron chi connectivity index (χ3n) is 4.85. The molecule has 3 rings (SSSR count). The molecule has 2 N–H and O–H groups in total. The van der Waals surface area contributed by atoms with Gasteiger partial charge in [-0.05, 0) is 55.9 Å². The number of amides is 1. The van der Waals surface area contributed by atoms with E-state index < -0.39 is 5.54 Å². The van der Waals surface area contributed by atoms with Gasteiger partial charge >= 0.3 is 0 Å². The zero-order valence-corrected chi connectivity index (χ0v) is 13.5. The van der Waals surface area contributed by atoms with Crippen LogP contribution < -0.4 is 5.32 Å². The molecule has 1 fully saturated rings. The van der Waals surface area contributed by atoms with Crippen molar-refractivity contribution in [1.82, 2.24) is 5.32 Å². The van der Waals surface area contributed by atoms with Crippen LogP contribution in [0.5, 0.6) is 0 Å². The number of aryl methyl sites for hydroxylation is 1. The summed E-state index contributed by atoms with van der Waals surface area (Å²) in [7, 11) is 1.70. The first kappa shape index (κ1) is 15.4. The summed E-state index contributed by atoms with van der Waals surface area (Å²) in [6, 6.07) is 5.34. The Morgan fingerprint density at radius 2 is 2.05 bits per heavy atom. The summed E-state index contributed by atoms with van der Waals surface area (Å²) in [6.45, 7) is 1.89. The standard InChI is InChI=1S/C17H20ClNO3/c1-10-9-11(18)3-4-13(10)14-15(20)17(19-16(14)21)7-5-12(22-2)6-8-17/h3-4,9,12,20H,5-8H2,1-2H3,(H,19,21). The molecule has 118 valence electrons. The van der Waals surface area contributed by atoms with Gasteiger partial charge in [-0.15, -0.1) is 0 Å². The summed E-state index contributed by atoms with van der Waals surface area (Å²) >= 11 is 5.98. The van der Waals surface area contributed by atoms with Crippen molar-refractivity contribution in [3.05, 3.63) is 40.1 Å². The molecule has 0 atom stereocenters. The number of benzene rings is 1. The lowest BCUT2D eigenvalue weighted by molar-refractivity contribution is -0.116. The summed E-state index contributed by atoms with van der Waals surface area (Å²) < 4.78 is 5.37. The Labute approximate surface area is 135 Å². The van der Waals surface area contributed by atoms with E-state index in [-0.39, 0.29) is 17.8 Å². The highest BCUT2D eigenvalue weighted by atomic mass is 35.5. The van der Waals surface area contributed by atoms with E-state index in [0.717, 1.165) is 24.0 Å². The minimum Gasteiger partial charge on any atom is -0.509 e. The number of halogens is 1. The van der Waals surface area contributed by atoms with E-state index in [9.17, 15) is 9.90 Å². The molecule has 0 saturated heterocycles. The molecule has 22 heavy (non-hydrogen) atoms. The molecule has 0 bridgehead atoms. The third-order valence-corrected chi connectivity index (χ3v) is 5.08. The molecule has 1 saturated carbocycles. The van der Waals surface area contributed by atoms with E-state index in [0.29, 0.717) is 23.4 Å². The topological polar surface area (TPSA) is 58.6 Å². The van der Waals surface area contributed by atoms with Gasteiger partial charge in [0.25, 0.3) is 5.91 Å². The minimum absolute atomic E-state index is 0.164. The van der Waals surface area contributed by atoms with Crippen molar-refractivity contribution >= 4 is 23.1 Å². The molecule has 2 aliphatic rings. The second-order valence-corrected chi connectivity index (χ2v) is 6.59. The number of methoxy groups -OCH3 is 1. The Morgan fingerprint density at radius 1 is 1.36 bits per heavy atom. The van der Waals surface area contributed by atoms with Gasteiger partial charge in [0.15, 0.2) is 0 Å². The Balaban J connectivity index is 1.99. The normalized spacial score (nSPS) is 28.3. The highest BCUT2D eigenvalue weighted by molar-refractivity contribution is 6.31. The van der Waals surface area contributed by atoms with Crippen LogP contribution in [0.4, 0.5) is 0 Å². The van der Waals surface area contributed by atoms with Gasteiger partial charge in [0, 0.05) is 12.1 Å². The third kappa shape index (κ3) is 2.40. The van der Waals surface area contributed by atoms with Crippen LogP contribution >= 0.6 is 11.6 Å². The van der Waals surface area contributed by atoms with Crippen LogP contribution in [0.2, 0.25) is 5.02 Å². The summed E-state index contributed by atoms with van der Waals surface area (Å²) in [4.78, 5) is 12.5. The van der Waals surface area contributed by atoms with Gasteiger partial charge in [0.05, 0.1) is 17.2 Å². The maximum absolute atomic E-state index is 12.5. The molecule has 0 radical (unpaired) electrons. The average Bonchev–Trinajstić information content (AvgIpc) is 2.72. The van der Waals surface area contributed by atoms with E-state index in [4.69, 9.17) is 16.3 Å². The van der Waals surface area contributed by atoms with E-state index in [1.807, 2.05) is 6.92 Å². The van der Waals surface area contributed by atoms with Gasteiger partial charge in [0.1, 0.15) is 5.76 Å². The molecule has 1 heterocycles. The maximum Gasteiger partial charge on any atom is 0.256 e. The molecule has 1 amide bonds. The molecule has 1 aliphatic carbocycles. The van der Waals surface area contributed by atoms with E-state index in [2.05, 4.69) is 5.32 Å². The number of carbonyl (C=O) groups excluding carboxylic acids is 1. The molecule has 5 heteroatoms. The van der Waals surface area contributed by atoms with Gasteiger partial charge in [-0.1, -0.05) is 17.7 Å². The second-order valence-electron chi connectivity index (χ2n) is 6.15. The highest BCUT2D eigenvalue weighted by Crippen LogP contribution is 2.42. The number of aliphatic hydroxyl groups is 1. The molecule has 1 aromatic rings. The van der Waals surface area contributed by atoms with Gasteiger partial charge in [-0.3, -0.25) is 4.79 Å². The number of aliphatic hydroxyl groups excluding tert-OH is 1. The Kier molecular flexibility index (Phi) is 3.91. The summed E-state index contributed by atoms with van der Waals surface area (Å²) in [5.41, 5.74) is 1.37. The van der Waals surface area contributed by atoms with E-state index >= 15 is 0 Å². The lowest BCUT2D eigenvalue weighted by atomic mass is 9.79. The SMILES string of the molecule is COC1CCC2(CC1)NC(=O)C(c1ccc(Cl)cc1C)=C2O. The van der Waals surface area contributed by atoms with Crippen molar-refractivity contribution in [2.75, 3.05) is 7.11 Å². The number of hydrogen-bond donors (Lipinski definition) is 2. The van der Waals surface area contributed by atoms with Crippen molar-refractivity contribution in [3.8, 4) is 0 Å². The number of hydrogen-bond acceptors (Lipinski definition) is 3. The van der Waals surface area contributed by atoms with Gasteiger partial charge in [0.2, 0.25) is 0 Å². The molecule has 1 spiro atoms. The Hall–Kier alpha value is -1.52. The van der Waals surface area contributed by atoms with E-state index in [1.165, 1.54) is 0 Å². The van der Waals surface area contributed by atoms with E-state index in [1.54, 1.807) is 25.3 Å². The number of ether oxygens (including phenoxy) is 1. The van der Waals surface area contributed by atoms with Gasteiger partial charge in [-0.2, -0.15) is 0 Å². The first-order chi connectivity index (χ1) is 10.5.